The topological polar surface area (TPSA) is 55.6 Å². The number of benzene rings is 1. The van der Waals surface area contributed by atoms with Gasteiger partial charge in [-0.25, -0.2) is 0 Å². The minimum Gasteiger partial charge on any atom is -0.497 e. The van der Waals surface area contributed by atoms with E-state index in [1.807, 2.05) is 24.1 Å². The third-order valence-corrected chi connectivity index (χ3v) is 6.62. The fourth-order valence-electron chi connectivity index (χ4n) is 5.30. The Kier molecular flexibility index (Phi) is 6.86. The van der Waals surface area contributed by atoms with Crippen LogP contribution < -0.4 is 10.5 Å². The summed E-state index contributed by atoms with van der Waals surface area (Å²) in [7, 11) is 3.65. The molecular weight excluding hydrogens is 360 g/mol. The zero-order valence-corrected chi connectivity index (χ0v) is 18.0. The van der Waals surface area contributed by atoms with E-state index in [1.165, 1.54) is 24.8 Å². The lowest BCUT2D eigenvalue weighted by Gasteiger charge is -2.41. The highest BCUT2D eigenvalue weighted by Crippen LogP contribution is 2.58. The molecule has 3 unspecified atom stereocenters. The van der Waals surface area contributed by atoms with Crippen LogP contribution in [0.3, 0.4) is 0 Å². The molecule has 0 aromatic heterocycles. The maximum atomic E-state index is 13.7. The Labute approximate surface area is 170 Å². The molecule has 5 heteroatoms. The molecule has 0 aliphatic heterocycles. The fourth-order valence-corrected chi connectivity index (χ4v) is 5.30. The summed E-state index contributed by atoms with van der Waals surface area (Å²) in [4.78, 5) is 15.6. The van der Waals surface area contributed by atoms with Crippen LogP contribution in [0.25, 0.3) is 0 Å². The predicted molar refractivity (Wildman–Crippen MR) is 112 cm³/mol. The Balaban J connectivity index is 0.00000261. The van der Waals surface area contributed by atoms with E-state index in [4.69, 9.17) is 10.5 Å². The molecule has 2 aliphatic carbocycles. The van der Waals surface area contributed by atoms with Gasteiger partial charge < -0.3 is 15.4 Å². The van der Waals surface area contributed by atoms with E-state index in [0.717, 1.165) is 18.6 Å². The minimum atomic E-state index is -0.255. The molecule has 4 nitrogen and oxygen atoms in total. The van der Waals surface area contributed by atoms with Gasteiger partial charge in [-0.1, -0.05) is 32.4 Å². The van der Waals surface area contributed by atoms with Crippen molar-refractivity contribution in [2.75, 3.05) is 27.2 Å². The van der Waals surface area contributed by atoms with Gasteiger partial charge in [-0.3, -0.25) is 4.79 Å². The van der Waals surface area contributed by atoms with Crippen molar-refractivity contribution in [1.29, 1.82) is 0 Å². The normalized spacial score (nSPS) is 26.6. The van der Waals surface area contributed by atoms with Crippen LogP contribution in [0.15, 0.2) is 24.3 Å². The summed E-state index contributed by atoms with van der Waals surface area (Å²) in [5, 5.41) is 0. The second-order valence-corrected chi connectivity index (χ2v) is 9.29. The van der Waals surface area contributed by atoms with Gasteiger partial charge in [-0.15, -0.1) is 12.4 Å². The number of amides is 1. The molecule has 2 N–H and O–H groups in total. The van der Waals surface area contributed by atoms with Crippen LogP contribution >= 0.6 is 12.4 Å². The number of methoxy groups -OCH3 is 1. The van der Waals surface area contributed by atoms with Crippen LogP contribution in [0.1, 0.15) is 45.1 Å². The van der Waals surface area contributed by atoms with E-state index >= 15 is 0 Å². The molecule has 0 radical (unpaired) electrons. The Morgan fingerprint density at radius 1 is 1.37 bits per heavy atom. The third kappa shape index (κ3) is 4.43. The van der Waals surface area contributed by atoms with Gasteiger partial charge in [0, 0.05) is 13.6 Å². The molecule has 3 rings (SSSR count). The number of ether oxygens (including phenoxy) is 1. The van der Waals surface area contributed by atoms with Crippen molar-refractivity contribution in [3.05, 3.63) is 29.8 Å². The number of hydrogen-bond donors (Lipinski definition) is 1. The zero-order valence-electron chi connectivity index (χ0n) is 17.2. The van der Waals surface area contributed by atoms with Crippen molar-refractivity contribution in [1.82, 2.24) is 4.90 Å². The molecule has 2 aliphatic rings. The number of rotatable bonds is 7. The van der Waals surface area contributed by atoms with Gasteiger partial charge in [0.05, 0.1) is 12.5 Å². The molecule has 1 aromatic carbocycles. The van der Waals surface area contributed by atoms with Gasteiger partial charge in [0.1, 0.15) is 5.75 Å². The quantitative estimate of drug-likeness (QED) is 0.762. The molecule has 0 heterocycles. The van der Waals surface area contributed by atoms with Gasteiger partial charge in [0.15, 0.2) is 0 Å². The van der Waals surface area contributed by atoms with Gasteiger partial charge in [-0.2, -0.15) is 0 Å². The molecule has 2 bridgehead atoms. The number of halogens is 1. The van der Waals surface area contributed by atoms with Gasteiger partial charge in [-0.05, 0) is 67.2 Å². The van der Waals surface area contributed by atoms with Crippen molar-refractivity contribution < 1.29 is 9.53 Å². The number of hydrogen-bond acceptors (Lipinski definition) is 3. The van der Waals surface area contributed by atoms with E-state index in [1.54, 1.807) is 7.11 Å². The van der Waals surface area contributed by atoms with Crippen molar-refractivity contribution >= 4 is 18.3 Å². The smallest absolute Gasteiger partial charge is 0.229 e. The first-order chi connectivity index (χ1) is 12.3. The highest BCUT2D eigenvalue weighted by atomic mass is 35.5. The molecule has 1 aromatic rings. The third-order valence-electron chi connectivity index (χ3n) is 6.62. The van der Waals surface area contributed by atoms with Crippen LogP contribution in [0.5, 0.6) is 5.75 Å². The summed E-state index contributed by atoms with van der Waals surface area (Å²) in [6, 6.07) is 8.22. The molecule has 2 saturated carbocycles. The summed E-state index contributed by atoms with van der Waals surface area (Å²) in [5.74, 6) is 2.40. The molecule has 27 heavy (non-hydrogen) atoms. The molecule has 2 fully saturated rings. The highest BCUT2D eigenvalue weighted by Gasteiger charge is 2.56. The van der Waals surface area contributed by atoms with Crippen LogP contribution in [-0.4, -0.2) is 38.1 Å². The lowest BCUT2D eigenvalue weighted by atomic mass is 9.68. The fraction of sp³-hybridized carbons (Fsp3) is 0.682. The Hall–Kier alpha value is -1.26. The number of nitrogens with two attached hydrogens (primary N) is 1. The van der Waals surface area contributed by atoms with Crippen molar-refractivity contribution in [2.45, 2.75) is 46.0 Å². The van der Waals surface area contributed by atoms with Gasteiger partial charge in [0.2, 0.25) is 5.91 Å². The second kappa shape index (κ2) is 8.40. The molecule has 0 saturated heterocycles. The molecule has 0 spiro atoms. The minimum absolute atomic E-state index is 0. The molecular formula is C22H35ClN2O2. The van der Waals surface area contributed by atoms with E-state index in [2.05, 4.69) is 26.0 Å². The first-order valence-corrected chi connectivity index (χ1v) is 9.88. The summed E-state index contributed by atoms with van der Waals surface area (Å²) in [5.41, 5.74) is 6.80. The highest BCUT2D eigenvalue weighted by molar-refractivity contribution is 5.85. The first-order valence-electron chi connectivity index (χ1n) is 9.88. The van der Waals surface area contributed by atoms with Crippen molar-refractivity contribution in [2.24, 2.45) is 28.4 Å². The Morgan fingerprint density at radius 2 is 2.11 bits per heavy atom. The maximum absolute atomic E-state index is 13.7. The zero-order chi connectivity index (χ0) is 18.9. The lowest BCUT2D eigenvalue weighted by molar-refractivity contribution is -0.145. The molecule has 152 valence electrons. The second-order valence-electron chi connectivity index (χ2n) is 9.29. The van der Waals surface area contributed by atoms with Crippen molar-refractivity contribution in [3.8, 4) is 5.75 Å². The van der Waals surface area contributed by atoms with E-state index in [0.29, 0.717) is 30.8 Å². The average Bonchev–Trinajstić information content (AvgIpc) is 3.22. The van der Waals surface area contributed by atoms with Crippen molar-refractivity contribution in [3.63, 3.8) is 0 Å². The lowest BCUT2D eigenvalue weighted by Crippen LogP contribution is -2.50. The molecule has 1 amide bonds. The van der Waals surface area contributed by atoms with Crippen LogP contribution in [0, 0.1) is 22.7 Å². The summed E-state index contributed by atoms with van der Waals surface area (Å²) in [6.45, 7) is 5.55. The number of carbonyl (C=O) groups excluding carboxylic acids is 1. The summed E-state index contributed by atoms with van der Waals surface area (Å²) >= 11 is 0. The first kappa shape index (κ1) is 22.0. The SMILES string of the molecule is COc1cccc(CC2(C(=O)N(C)CC(C)(C)CN)CC3CCC2C3)c1.Cl. The largest absolute Gasteiger partial charge is 0.497 e. The summed E-state index contributed by atoms with van der Waals surface area (Å²) in [6.07, 6.45) is 5.53. The average molecular weight is 395 g/mol. The van der Waals surface area contributed by atoms with Gasteiger partial charge >= 0.3 is 0 Å². The monoisotopic (exact) mass is 394 g/mol. The van der Waals surface area contributed by atoms with Crippen LogP contribution in [0.4, 0.5) is 0 Å². The number of fused-ring (bicyclic) bond motifs is 2. The van der Waals surface area contributed by atoms with Gasteiger partial charge in [0.25, 0.3) is 0 Å². The molecule has 3 atom stereocenters. The van der Waals surface area contributed by atoms with Crippen LogP contribution in [-0.2, 0) is 11.2 Å². The summed E-state index contributed by atoms with van der Waals surface area (Å²) < 4.78 is 5.39. The number of carbonyl (C=O) groups is 1. The van der Waals surface area contributed by atoms with E-state index in [9.17, 15) is 4.79 Å². The number of nitrogens with zero attached hydrogens (tertiary/aromatic N) is 1. The maximum Gasteiger partial charge on any atom is 0.229 e. The Bertz CT molecular complexity index is 663. The Morgan fingerprint density at radius 3 is 2.67 bits per heavy atom. The van der Waals surface area contributed by atoms with E-state index in [-0.39, 0.29) is 23.2 Å². The van der Waals surface area contributed by atoms with Crippen LogP contribution in [0.2, 0.25) is 0 Å². The standard InChI is InChI=1S/C22H34N2O2.ClH/c1-21(2,14-23)15-24(3)20(25)22(13-17-8-9-18(22)10-17)12-16-6-5-7-19(11-16)26-4;/h5-7,11,17-18H,8-10,12-15,23H2,1-4H3;1H. The van der Waals surface area contributed by atoms with E-state index < -0.39 is 0 Å². The predicted octanol–water partition coefficient (Wildman–Crippen LogP) is 3.91.